The number of methoxy groups -OCH3 is 1. The molecule has 1 saturated heterocycles. The van der Waals surface area contributed by atoms with Crippen molar-refractivity contribution < 1.29 is 28.6 Å². The highest BCUT2D eigenvalue weighted by atomic mass is 35.5. The van der Waals surface area contributed by atoms with Crippen LogP contribution < -0.4 is 0 Å². The lowest BCUT2D eigenvalue weighted by Gasteiger charge is -2.45. The standard InChI is InChI=1S/C14H17Cl4NO6/c1-5(2)8(13(21)23-4)19-10(17)7(12(19)20)6(3)24-14(22)25-11(18)9(15)16/h6-7,9-11H,1-4H3/t6?,7-,10+,11?/m1/s1. The molecule has 0 aromatic heterocycles. The van der Waals surface area contributed by atoms with E-state index in [4.69, 9.17) is 51.1 Å². The average Bonchev–Trinajstić information content (AvgIpc) is 2.50. The molecule has 1 fully saturated rings. The molecule has 0 spiro atoms. The van der Waals surface area contributed by atoms with Crippen molar-refractivity contribution in [1.82, 2.24) is 4.90 Å². The zero-order valence-corrected chi connectivity index (χ0v) is 16.8. The van der Waals surface area contributed by atoms with Gasteiger partial charge in [0.25, 0.3) is 0 Å². The normalized spacial score (nSPS) is 22.0. The summed E-state index contributed by atoms with van der Waals surface area (Å²) >= 11 is 22.7. The maximum Gasteiger partial charge on any atom is 0.510 e. The van der Waals surface area contributed by atoms with Crippen LogP contribution in [-0.4, -0.2) is 52.0 Å². The molecule has 1 aliphatic rings. The first kappa shape index (κ1) is 22.2. The molecule has 2 unspecified atom stereocenters. The molecule has 0 saturated carbocycles. The maximum atomic E-state index is 12.4. The molecule has 0 N–H and O–H groups in total. The fourth-order valence-electron chi connectivity index (χ4n) is 2.17. The molecule has 25 heavy (non-hydrogen) atoms. The van der Waals surface area contributed by atoms with E-state index in [2.05, 4.69) is 9.47 Å². The Morgan fingerprint density at radius 2 is 1.72 bits per heavy atom. The van der Waals surface area contributed by atoms with E-state index in [0.717, 1.165) is 4.90 Å². The lowest BCUT2D eigenvalue weighted by atomic mass is 9.91. The minimum Gasteiger partial charge on any atom is -0.464 e. The Hall–Kier alpha value is -0.890. The number of rotatable bonds is 6. The van der Waals surface area contributed by atoms with Crippen molar-refractivity contribution in [2.24, 2.45) is 5.92 Å². The number of alkyl halides is 4. The molecular weight excluding hydrogens is 420 g/mol. The van der Waals surface area contributed by atoms with Crippen molar-refractivity contribution >= 4 is 64.4 Å². The zero-order valence-electron chi connectivity index (χ0n) is 13.8. The fourth-order valence-corrected chi connectivity index (χ4v) is 2.85. The van der Waals surface area contributed by atoms with Crippen LogP contribution in [0, 0.1) is 5.92 Å². The van der Waals surface area contributed by atoms with E-state index < -0.39 is 46.0 Å². The molecule has 4 atom stereocenters. The van der Waals surface area contributed by atoms with Crippen LogP contribution in [-0.2, 0) is 23.8 Å². The van der Waals surface area contributed by atoms with Gasteiger partial charge in [-0.1, -0.05) is 46.4 Å². The van der Waals surface area contributed by atoms with Crippen LogP contribution in [0.25, 0.3) is 0 Å². The summed E-state index contributed by atoms with van der Waals surface area (Å²) in [7, 11) is 1.20. The zero-order chi connectivity index (χ0) is 19.5. The predicted octanol–water partition coefficient (Wildman–Crippen LogP) is 3.39. The van der Waals surface area contributed by atoms with Gasteiger partial charge >= 0.3 is 12.1 Å². The van der Waals surface area contributed by atoms with Gasteiger partial charge in [0, 0.05) is 0 Å². The van der Waals surface area contributed by atoms with Gasteiger partial charge < -0.3 is 14.2 Å². The van der Waals surface area contributed by atoms with E-state index in [-0.39, 0.29) is 5.70 Å². The summed E-state index contributed by atoms with van der Waals surface area (Å²) < 4.78 is 14.3. The van der Waals surface area contributed by atoms with Crippen LogP contribution in [0.15, 0.2) is 11.3 Å². The lowest BCUT2D eigenvalue weighted by molar-refractivity contribution is -0.159. The smallest absolute Gasteiger partial charge is 0.464 e. The predicted molar refractivity (Wildman–Crippen MR) is 92.5 cm³/mol. The van der Waals surface area contributed by atoms with Gasteiger partial charge in [-0.25, -0.2) is 9.59 Å². The summed E-state index contributed by atoms with van der Waals surface area (Å²) in [4.78, 5) is 35.8. The summed E-state index contributed by atoms with van der Waals surface area (Å²) in [5.41, 5.74) is -1.61. The molecule has 0 radical (unpaired) electrons. The Bertz CT molecular complexity index is 578. The number of amides is 1. The maximum absolute atomic E-state index is 12.4. The van der Waals surface area contributed by atoms with Crippen LogP contribution in [0.4, 0.5) is 4.79 Å². The third-order valence-corrected chi connectivity index (χ3v) is 4.88. The van der Waals surface area contributed by atoms with Gasteiger partial charge in [0.1, 0.15) is 23.2 Å². The molecule has 1 aliphatic heterocycles. The van der Waals surface area contributed by atoms with Crippen LogP contribution >= 0.6 is 46.4 Å². The minimum atomic E-state index is -1.31. The summed E-state index contributed by atoms with van der Waals surface area (Å²) in [6.07, 6.45) is -2.08. The molecule has 1 rings (SSSR count). The van der Waals surface area contributed by atoms with Crippen molar-refractivity contribution in [1.29, 1.82) is 0 Å². The van der Waals surface area contributed by atoms with Crippen molar-refractivity contribution in [2.45, 2.75) is 42.8 Å². The Labute approximate surface area is 165 Å². The number of halogens is 4. The SMILES string of the molecule is COC(=O)C(=C(C)C)N1C(=O)[C@H](C(C)OC(=O)OC(Cl)C(Cl)Cl)[C@H]1Cl. The summed E-state index contributed by atoms with van der Waals surface area (Å²) in [5, 5.41) is 0. The molecule has 142 valence electrons. The largest absolute Gasteiger partial charge is 0.510 e. The number of esters is 1. The lowest BCUT2D eigenvalue weighted by Crippen LogP contribution is -2.62. The molecule has 1 heterocycles. The Balaban J connectivity index is 2.77. The van der Waals surface area contributed by atoms with E-state index >= 15 is 0 Å². The number of allylic oxidation sites excluding steroid dienone is 1. The molecule has 0 aromatic rings. The summed E-state index contributed by atoms with van der Waals surface area (Å²) in [6, 6.07) is 0. The van der Waals surface area contributed by atoms with E-state index in [0.29, 0.717) is 5.57 Å². The molecule has 0 aromatic carbocycles. The molecular formula is C14H17Cl4NO6. The number of carbonyl (C=O) groups is 3. The van der Waals surface area contributed by atoms with Gasteiger partial charge in [-0.3, -0.25) is 9.69 Å². The topological polar surface area (TPSA) is 82.1 Å². The minimum absolute atomic E-state index is 0.0477. The highest BCUT2D eigenvalue weighted by molar-refractivity contribution is 6.48. The number of likely N-dealkylation sites (tertiary alicyclic amines) is 1. The molecule has 7 nitrogen and oxygen atoms in total. The van der Waals surface area contributed by atoms with Gasteiger partial charge in [0.2, 0.25) is 11.5 Å². The highest BCUT2D eigenvalue weighted by Crippen LogP contribution is 2.38. The highest BCUT2D eigenvalue weighted by Gasteiger charge is 2.53. The summed E-state index contributed by atoms with van der Waals surface area (Å²) in [5.74, 6) is -2.05. The molecule has 1 amide bonds. The molecule has 0 bridgehead atoms. The first-order valence-electron chi connectivity index (χ1n) is 7.05. The van der Waals surface area contributed by atoms with E-state index in [1.165, 1.54) is 14.0 Å². The van der Waals surface area contributed by atoms with Crippen molar-refractivity contribution in [2.75, 3.05) is 7.11 Å². The van der Waals surface area contributed by atoms with Crippen molar-refractivity contribution in [3.8, 4) is 0 Å². The van der Waals surface area contributed by atoms with Gasteiger partial charge in [-0.15, -0.1) is 0 Å². The fraction of sp³-hybridized carbons (Fsp3) is 0.643. The Morgan fingerprint density at radius 1 is 1.16 bits per heavy atom. The van der Waals surface area contributed by atoms with Gasteiger partial charge in [0.05, 0.1) is 7.11 Å². The third-order valence-electron chi connectivity index (χ3n) is 3.35. The van der Waals surface area contributed by atoms with Crippen molar-refractivity contribution in [3.63, 3.8) is 0 Å². The number of β-lactam (4-membered cyclic amide) rings is 1. The number of ether oxygens (including phenoxy) is 3. The van der Waals surface area contributed by atoms with E-state index in [1.807, 2.05) is 0 Å². The number of hydrogen-bond acceptors (Lipinski definition) is 6. The monoisotopic (exact) mass is 435 g/mol. The summed E-state index contributed by atoms with van der Waals surface area (Å²) in [6.45, 7) is 4.74. The molecule has 0 aliphatic carbocycles. The Morgan fingerprint density at radius 3 is 2.12 bits per heavy atom. The number of nitrogens with zero attached hydrogens (tertiary/aromatic N) is 1. The van der Waals surface area contributed by atoms with E-state index in [1.54, 1.807) is 13.8 Å². The van der Waals surface area contributed by atoms with Crippen LogP contribution in [0.1, 0.15) is 20.8 Å². The van der Waals surface area contributed by atoms with Gasteiger partial charge in [-0.05, 0) is 26.3 Å². The number of carbonyl (C=O) groups excluding carboxylic acids is 3. The quantitative estimate of drug-likeness (QED) is 0.208. The number of hydrogen-bond donors (Lipinski definition) is 0. The second-order valence-electron chi connectivity index (χ2n) is 5.32. The van der Waals surface area contributed by atoms with Gasteiger partial charge in [0.15, 0.2) is 4.84 Å². The third kappa shape index (κ3) is 5.06. The van der Waals surface area contributed by atoms with Gasteiger partial charge in [-0.2, -0.15) is 0 Å². The average molecular weight is 437 g/mol. The first-order valence-corrected chi connectivity index (χ1v) is 8.79. The van der Waals surface area contributed by atoms with E-state index in [9.17, 15) is 14.4 Å². The first-order chi connectivity index (χ1) is 11.5. The van der Waals surface area contributed by atoms with Crippen molar-refractivity contribution in [3.05, 3.63) is 11.3 Å². The second-order valence-corrected chi connectivity index (χ2v) is 7.36. The Kier molecular flexibility index (Phi) is 8.12. The molecule has 11 heteroatoms. The van der Waals surface area contributed by atoms with Crippen LogP contribution in [0.5, 0.6) is 0 Å². The van der Waals surface area contributed by atoms with Crippen LogP contribution in [0.3, 0.4) is 0 Å². The second kappa shape index (κ2) is 9.16. The van der Waals surface area contributed by atoms with Crippen LogP contribution in [0.2, 0.25) is 0 Å².